The van der Waals surface area contributed by atoms with Gasteiger partial charge in [0.15, 0.2) is 0 Å². The summed E-state index contributed by atoms with van der Waals surface area (Å²) < 4.78 is 0. The van der Waals surface area contributed by atoms with E-state index < -0.39 is 11.9 Å². The van der Waals surface area contributed by atoms with E-state index in [1.54, 1.807) is 0 Å². The Morgan fingerprint density at radius 3 is 0.714 bits per heavy atom. The van der Waals surface area contributed by atoms with Crippen molar-refractivity contribution in [3.63, 3.8) is 0 Å². The summed E-state index contributed by atoms with van der Waals surface area (Å²) in [6.07, 6.45) is 0. The number of hydrogen-bond acceptors (Lipinski definition) is 2. The van der Waals surface area contributed by atoms with Gasteiger partial charge in [0, 0.05) is 34.3 Å². The predicted octanol–water partition coefficient (Wildman–Crippen LogP) is 4.70. The molecule has 2 N–H and O–H groups in total. The summed E-state index contributed by atoms with van der Waals surface area (Å²) in [7, 11) is 0. The molecule has 1 unspecified atom stereocenters. The zero-order chi connectivity index (χ0) is 19.9. The van der Waals surface area contributed by atoms with Crippen LogP contribution in [-0.4, -0.2) is 22.2 Å². The van der Waals surface area contributed by atoms with Gasteiger partial charge in [0.1, 0.15) is 0 Å². The summed E-state index contributed by atoms with van der Waals surface area (Å²) in [5.74, 6) is -1.67. The van der Waals surface area contributed by atoms with E-state index >= 15 is 0 Å². The van der Waals surface area contributed by atoms with Crippen LogP contribution in [-0.2, 0) is 30.0 Å². The van der Waals surface area contributed by atoms with Crippen LogP contribution in [0.4, 0.5) is 0 Å². The van der Waals surface area contributed by atoms with Crippen molar-refractivity contribution >= 4 is 21.8 Å². The molecule has 3 rings (SSSR count). The second-order valence-electron chi connectivity index (χ2n) is 4.27. The van der Waals surface area contributed by atoms with Gasteiger partial charge in [-0.3, -0.25) is 9.59 Å². The van der Waals surface area contributed by atoms with Gasteiger partial charge in [-0.25, -0.2) is 0 Å². The van der Waals surface area contributed by atoms with Gasteiger partial charge in [-0.2, -0.15) is 119 Å². The van der Waals surface area contributed by atoms with Crippen molar-refractivity contribution in [2.75, 3.05) is 0 Å². The minimum Gasteiger partial charge on any atom is -0.481 e. The Hall–Kier alpha value is -2.31. The largest absolute Gasteiger partial charge is 0.481 e. The van der Waals surface area contributed by atoms with Crippen LogP contribution in [0, 0.1) is 18.2 Å². The molecule has 0 spiro atoms. The van der Waals surface area contributed by atoms with E-state index in [0.29, 0.717) is 0 Å². The Balaban J connectivity index is -0.000000128. The van der Waals surface area contributed by atoms with Crippen LogP contribution in [0.3, 0.4) is 0 Å². The van der Waals surface area contributed by atoms with E-state index in [1.807, 2.05) is 91.0 Å². The SMILES string of the molecule is CC(=O)O.CC(=O)O.P.[Pd].[c-]1ccccc1.[c-]1ccccc1.[c-]1ccccc1. The molecule has 0 bridgehead atoms. The molecule has 1 atom stereocenters. The number of aliphatic carboxylic acids is 2. The molecule has 0 saturated heterocycles. The minimum atomic E-state index is -0.833. The average Bonchev–Trinajstić information content (AvgIpc) is 2.66. The first-order chi connectivity index (χ1) is 12.5. The van der Waals surface area contributed by atoms with Crippen LogP contribution in [0.5, 0.6) is 0 Å². The molecule has 0 aromatic heterocycles. The first kappa shape index (κ1) is 33.3. The fraction of sp³-hybridized carbons (Fsp3) is 0.0909. The molecule has 0 aliphatic heterocycles. The number of carbonyl (C=O) groups is 2. The van der Waals surface area contributed by atoms with Crippen molar-refractivity contribution in [3.05, 3.63) is 109 Å². The fourth-order valence-corrected chi connectivity index (χ4v) is 1.03. The van der Waals surface area contributed by atoms with E-state index in [4.69, 9.17) is 19.8 Å². The van der Waals surface area contributed by atoms with Gasteiger partial charge in [0.2, 0.25) is 0 Å². The van der Waals surface area contributed by atoms with Crippen molar-refractivity contribution in [2.45, 2.75) is 13.8 Å². The molecule has 156 valence electrons. The second kappa shape index (κ2) is 29.5. The Bertz CT molecular complexity index is 463. The Morgan fingerprint density at radius 1 is 0.536 bits per heavy atom. The number of carboxylic acid groups (broad SMARTS) is 2. The second-order valence-corrected chi connectivity index (χ2v) is 4.27. The topological polar surface area (TPSA) is 74.6 Å². The van der Waals surface area contributed by atoms with Gasteiger partial charge in [0.25, 0.3) is 11.9 Å². The maximum atomic E-state index is 9.00. The fourth-order valence-electron chi connectivity index (χ4n) is 1.03. The molecule has 0 aliphatic carbocycles. The average molecular weight is 492 g/mol. The third kappa shape index (κ3) is 49.5. The van der Waals surface area contributed by atoms with Crippen molar-refractivity contribution < 1.29 is 40.2 Å². The third-order valence-corrected chi connectivity index (χ3v) is 1.82. The van der Waals surface area contributed by atoms with E-state index in [-0.39, 0.29) is 30.3 Å². The number of benzene rings is 3. The van der Waals surface area contributed by atoms with Crippen molar-refractivity contribution in [1.29, 1.82) is 0 Å². The number of rotatable bonds is 0. The van der Waals surface area contributed by atoms with Gasteiger partial charge in [-0.1, -0.05) is 0 Å². The number of carboxylic acids is 2. The van der Waals surface area contributed by atoms with E-state index in [0.717, 1.165) is 13.8 Å². The zero-order valence-electron chi connectivity index (χ0n) is 15.9. The van der Waals surface area contributed by atoms with E-state index in [2.05, 4.69) is 18.2 Å². The molecule has 0 amide bonds. The molecule has 28 heavy (non-hydrogen) atoms. The van der Waals surface area contributed by atoms with Crippen LogP contribution in [0.1, 0.15) is 13.8 Å². The van der Waals surface area contributed by atoms with Crippen LogP contribution >= 0.6 is 9.90 Å². The standard InChI is InChI=1S/3C6H5.2C2H4O2.H3P.Pd/c3*1-2-4-6-5-3-1;2*1-2(3)4;;/h3*1-5H;2*1H3,(H,3,4);1H3;/q3*-1;;;;. The first-order valence-electron chi connectivity index (χ1n) is 7.59. The van der Waals surface area contributed by atoms with Crippen LogP contribution in [0.2, 0.25) is 0 Å². The quantitative estimate of drug-likeness (QED) is 0.272. The predicted molar refractivity (Wildman–Crippen MR) is 114 cm³/mol. The zero-order valence-corrected chi connectivity index (χ0v) is 18.9. The molecule has 4 nitrogen and oxygen atoms in total. The van der Waals surface area contributed by atoms with Crippen molar-refractivity contribution in [2.24, 2.45) is 0 Å². The summed E-state index contributed by atoms with van der Waals surface area (Å²) in [5, 5.41) is 14.8. The molecule has 0 fully saturated rings. The number of hydrogen-bond donors (Lipinski definition) is 2. The van der Waals surface area contributed by atoms with E-state index in [1.165, 1.54) is 0 Å². The monoisotopic (exact) mass is 491 g/mol. The van der Waals surface area contributed by atoms with Crippen LogP contribution in [0.25, 0.3) is 0 Å². The normalized spacial score (nSPS) is 6.93. The van der Waals surface area contributed by atoms with Crippen molar-refractivity contribution in [1.82, 2.24) is 0 Å². The summed E-state index contributed by atoms with van der Waals surface area (Å²) in [5.41, 5.74) is 0. The molecular weight excluding hydrogens is 466 g/mol. The molecule has 0 radical (unpaired) electrons. The maximum absolute atomic E-state index is 9.00. The van der Waals surface area contributed by atoms with Gasteiger partial charge >= 0.3 is 0 Å². The minimum absolute atomic E-state index is 0. The molecule has 6 heteroatoms. The first-order valence-corrected chi connectivity index (χ1v) is 7.59. The molecule has 0 saturated carbocycles. The third-order valence-electron chi connectivity index (χ3n) is 1.82. The summed E-state index contributed by atoms with van der Waals surface area (Å²) >= 11 is 0. The Morgan fingerprint density at radius 2 is 0.679 bits per heavy atom. The van der Waals surface area contributed by atoms with Crippen LogP contribution in [0.15, 0.2) is 91.0 Å². The summed E-state index contributed by atoms with van der Waals surface area (Å²) in [4.78, 5) is 18.0. The molecule has 3 aromatic carbocycles. The molecule has 3 aromatic rings. The van der Waals surface area contributed by atoms with E-state index in [9.17, 15) is 0 Å². The maximum Gasteiger partial charge on any atom is 0.300 e. The van der Waals surface area contributed by atoms with Gasteiger partial charge in [0.05, 0.1) is 0 Å². The molecule has 0 heterocycles. The Kier molecular flexibility index (Phi) is 35.0. The Labute approximate surface area is 184 Å². The van der Waals surface area contributed by atoms with Gasteiger partial charge in [-0.15, -0.1) is 0 Å². The van der Waals surface area contributed by atoms with Crippen molar-refractivity contribution in [3.8, 4) is 0 Å². The molecule has 0 aliphatic rings. The molecular formula is C22H26O4PPd-3. The van der Waals surface area contributed by atoms with Gasteiger partial charge in [-0.05, 0) is 0 Å². The van der Waals surface area contributed by atoms with Gasteiger partial charge < -0.3 is 10.2 Å². The van der Waals surface area contributed by atoms with Crippen LogP contribution < -0.4 is 0 Å². The smallest absolute Gasteiger partial charge is 0.300 e. The summed E-state index contributed by atoms with van der Waals surface area (Å²) in [6.45, 7) is 2.17. The summed E-state index contributed by atoms with van der Waals surface area (Å²) in [6, 6.07) is 37.5.